The second-order valence-corrected chi connectivity index (χ2v) is 13.0. The van der Waals surface area contributed by atoms with Gasteiger partial charge >= 0.3 is 0 Å². The number of phenolic OH excluding ortho intramolecular Hbond substituents is 1. The van der Waals surface area contributed by atoms with Gasteiger partial charge in [0.2, 0.25) is 0 Å². The Hall–Kier alpha value is -3.99. The lowest BCUT2D eigenvalue weighted by molar-refractivity contribution is 0.114. The summed E-state index contributed by atoms with van der Waals surface area (Å²) in [5.41, 5.74) is 4.08. The van der Waals surface area contributed by atoms with Gasteiger partial charge < -0.3 is 24.6 Å². The average molecular weight is 575 g/mol. The van der Waals surface area contributed by atoms with Crippen molar-refractivity contribution in [3.63, 3.8) is 0 Å². The van der Waals surface area contributed by atoms with Gasteiger partial charge in [-0.3, -0.25) is 9.69 Å². The molecule has 0 aliphatic carbocycles. The Kier molecular flexibility index (Phi) is 6.22. The van der Waals surface area contributed by atoms with Gasteiger partial charge in [0.15, 0.2) is 5.43 Å². The molecule has 3 aromatic carbocycles. The lowest BCUT2D eigenvalue weighted by Crippen LogP contribution is -2.52. The number of aryl methyl sites for hydroxylation is 1. The van der Waals surface area contributed by atoms with Crippen LogP contribution in [-0.4, -0.2) is 65.0 Å². The van der Waals surface area contributed by atoms with E-state index >= 15 is 0 Å². The van der Waals surface area contributed by atoms with E-state index in [1.165, 1.54) is 25.7 Å². The molecule has 5 heterocycles. The van der Waals surface area contributed by atoms with E-state index in [9.17, 15) is 9.90 Å². The van der Waals surface area contributed by atoms with E-state index in [1.807, 2.05) is 31.3 Å². The van der Waals surface area contributed by atoms with Crippen LogP contribution in [0.1, 0.15) is 44.1 Å². The summed E-state index contributed by atoms with van der Waals surface area (Å²) in [6.07, 6.45) is 13.0. The Labute approximate surface area is 252 Å². The van der Waals surface area contributed by atoms with Gasteiger partial charge in [-0.2, -0.15) is 0 Å². The topological polar surface area (TPSA) is 70.0 Å². The first-order valence-electron chi connectivity index (χ1n) is 15.7. The Morgan fingerprint density at radius 2 is 1.81 bits per heavy atom. The molecule has 7 heteroatoms. The molecule has 4 saturated heterocycles. The molecular formula is C36H38N4O3. The van der Waals surface area contributed by atoms with Gasteiger partial charge in [-0.15, -0.1) is 6.42 Å². The van der Waals surface area contributed by atoms with Crippen LogP contribution in [0.3, 0.4) is 0 Å². The highest BCUT2D eigenvalue weighted by Crippen LogP contribution is 2.43. The summed E-state index contributed by atoms with van der Waals surface area (Å²) in [4.78, 5) is 19.3. The fourth-order valence-electron chi connectivity index (χ4n) is 8.66. The van der Waals surface area contributed by atoms with Gasteiger partial charge in [-0.1, -0.05) is 18.1 Å². The zero-order valence-corrected chi connectivity index (χ0v) is 24.7. The molecule has 0 spiro atoms. The number of phenols is 1. The van der Waals surface area contributed by atoms with Crippen LogP contribution in [0.4, 0.5) is 5.69 Å². The molecule has 2 atom stereocenters. The van der Waals surface area contributed by atoms with Gasteiger partial charge in [0, 0.05) is 66.9 Å². The molecular weight excluding hydrogens is 536 g/mol. The molecule has 0 radical (unpaired) electrons. The van der Waals surface area contributed by atoms with Gasteiger partial charge in [0.1, 0.15) is 18.1 Å². The molecule has 43 heavy (non-hydrogen) atoms. The van der Waals surface area contributed by atoms with Crippen molar-refractivity contribution in [3.05, 3.63) is 64.3 Å². The smallest absolute Gasteiger partial charge is 0.192 e. The number of benzene rings is 3. The predicted octanol–water partition coefficient (Wildman–Crippen LogP) is 4.99. The van der Waals surface area contributed by atoms with Gasteiger partial charge in [-0.25, -0.2) is 0 Å². The van der Waals surface area contributed by atoms with Crippen molar-refractivity contribution >= 4 is 27.4 Å². The van der Waals surface area contributed by atoms with E-state index in [0.717, 1.165) is 83.3 Å². The number of terminal acetylenes is 1. The van der Waals surface area contributed by atoms with Crippen molar-refractivity contribution in [2.24, 2.45) is 7.05 Å². The molecule has 8 rings (SSSR count). The molecule has 4 fully saturated rings. The Bertz CT molecular complexity index is 1850. The quantitative estimate of drug-likeness (QED) is 0.327. The van der Waals surface area contributed by atoms with Crippen LogP contribution in [0.2, 0.25) is 0 Å². The lowest BCUT2D eigenvalue weighted by Gasteiger charge is -2.38. The van der Waals surface area contributed by atoms with E-state index in [1.54, 1.807) is 18.2 Å². The zero-order chi connectivity index (χ0) is 29.3. The molecule has 2 N–H and O–H groups in total. The minimum atomic E-state index is -0.0337. The van der Waals surface area contributed by atoms with E-state index in [4.69, 9.17) is 11.2 Å². The minimum absolute atomic E-state index is 0.0337. The first-order chi connectivity index (χ1) is 21.0. The Balaban J connectivity index is 1.33. The van der Waals surface area contributed by atoms with E-state index < -0.39 is 0 Å². The number of rotatable bonds is 5. The van der Waals surface area contributed by atoms with Crippen molar-refractivity contribution in [1.29, 1.82) is 0 Å². The molecule has 0 saturated carbocycles. The van der Waals surface area contributed by atoms with Crippen molar-refractivity contribution in [3.8, 4) is 35.1 Å². The maximum absolute atomic E-state index is 14.2. The maximum atomic E-state index is 14.2. The number of aromatic hydroxyl groups is 1. The van der Waals surface area contributed by atoms with Gasteiger partial charge in [-0.05, 0) is 75.2 Å². The first kappa shape index (κ1) is 26.6. The van der Waals surface area contributed by atoms with E-state index in [0.29, 0.717) is 24.4 Å². The molecule has 2 unspecified atom stereocenters. The van der Waals surface area contributed by atoms with Crippen LogP contribution in [0.5, 0.6) is 11.5 Å². The highest BCUT2D eigenvalue weighted by Gasteiger charge is 2.45. The largest absolute Gasteiger partial charge is 0.508 e. The summed E-state index contributed by atoms with van der Waals surface area (Å²) in [5, 5.41) is 16.7. The van der Waals surface area contributed by atoms with E-state index in [-0.39, 0.29) is 16.7 Å². The zero-order valence-electron chi connectivity index (χ0n) is 24.7. The van der Waals surface area contributed by atoms with Crippen molar-refractivity contribution < 1.29 is 9.84 Å². The lowest BCUT2D eigenvalue weighted by atomic mass is 9.95. The minimum Gasteiger partial charge on any atom is -0.508 e. The molecule has 0 amide bonds. The fourth-order valence-corrected chi connectivity index (χ4v) is 8.66. The second-order valence-electron chi connectivity index (χ2n) is 13.0. The van der Waals surface area contributed by atoms with Crippen LogP contribution >= 0.6 is 0 Å². The third kappa shape index (κ3) is 4.15. The van der Waals surface area contributed by atoms with Crippen LogP contribution in [0, 0.1) is 12.3 Å². The predicted molar refractivity (Wildman–Crippen MR) is 172 cm³/mol. The van der Waals surface area contributed by atoms with E-state index in [2.05, 4.69) is 31.7 Å². The maximum Gasteiger partial charge on any atom is 0.192 e. The summed E-state index contributed by atoms with van der Waals surface area (Å²) < 4.78 is 8.80. The number of pyridine rings is 1. The van der Waals surface area contributed by atoms with Crippen molar-refractivity contribution in [1.82, 2.24) is 14.8 Å². The van der Waals surface area contributed by atoms with Crippen LogP contribution in [0.25, 0.3) is 32.9 Å². The molecule has 4 aliphatic rings. The third-order valence-corrected chi connectivity index (χ3v) is 10.7. The molecule has 220 valence electrons. The number of ether oxygens (including phenoxy) is 1. The second kappa shape index (κ2) is 10.0. The molecule has 2 bridgehead atoms. The number of hydrogen-bond donors (Lipinski definition) is 2. The summed E-state index contributed by atoms with van der Waals surface area (Å²) in [6, 6.07) is 15.8. The summed E-state index contributed by atoms with van der Waals surface area (Å²) >= 11 is 0. The monoisotopic (exact) mass is 574 g/mol. The SMILES string of the molecule is C#Cc1cccc2cc(O)cc(-c3cc(=O)c4c(N5C6CCC5CNC6)cc(OCC56CCCN5CCC6)cc4n3C)c12. The molecule has 4 aliphatic heterocycles. The summed E-state index contributed by atoms with van der Waals surface area (Å²) in [5.74, 6) is 3.75. The highest BCUT2D eigenvalue weighted by atomic mass is 16.5. The number of fused-ring (bicyclic) bond motifs is 5. The fraction of sp³-hybridized carbons (Fsp3) is 0.417. The van der Waals surface area contributed by atoms with Crippen LogP contribution < -0.4 is 20.4 Å². The normalized spacial score (nSPS) is 22.7. The molecule has 4 aromatic rings. The molecule has 1 aromatic heterocycles. The third-order valence-electron chi connectivity index (χ3n) is 10.7. The van der Waals surface area contributed by atoms with Crippen LogP contribution in [-0.2, 0) is 7.05 Å². The standard InChI is InChI=1S/C36H38N4O3/c1-3-23-7-4-8-24-15-27(41)16-29(34(23)24)30-19-33(42)35-31(38(30)2)17-28(43-22-36-11-5-13-39(36)14-6-12-36)18-32(35)40-25-9-10-26(40)21-37-20-25/h1,4,7-8,15-19,25-26,37,41H,5-6,9-14,20-22H2,2H3. The number of piperazine rings is 1. The number of anilines is 1. The number of nitrogens with one attached hydrogen (secondary N) is 1. The summed E-state index contributed by atoms with van der Waals surface area (Å²) in [7, 11) is 2.00. The first-order valence-corrected chi connectivity index (χ1v) is 15.7. The van der Waals surface area contributed by atoms with Crippen molar-refractivity contribution in [2.45, 2.75) is 56.1 Å². The molecule has 7 nitrogen and oxygen atoms in total. The Morgan fingerprint density at radius 1 is 1.05 bits per heavy atom. The Morgan fingerprint density at radius 3 is 2.56 bits per heavy atom. The average Bonchev–Trinajstić information content (AvgIpc) is 3.67. The number of hydrogen-bond acceptors (Lipinski definition) is 6. The van der Waals surface area contributed by atoms with Gasteiger partial charge in [0.25, 0.3) is 0 Å². The summed E-state index contributed by atoms with van der Waals surface area (Å²) in [6.45, 7) is 4.83. The van der Waals surface area contributed by atoms with Crippen molar-refractivity contribution in [2.75, 3.05) is 37.7 Å². The highest BCUT2D eigenvalue weighted by molar-refractivity contribution is 6.03. The number of aromatic nitrogens is 1. The van der Waals surface area contributed by atoms with Gasteiger partial charge in [0.05, 0.1) is 27.8 Å². The van der Waals surface area contributed by atoms with Crippen LogP contribution in [0.15, 0.2) is 53.3 Å². The number of nitrogens with zero attached hydrogens (tertiary/aromatic N) is 3.